The van der Waals surface area contributed by atoms with E-state index in [0.29, 0.717) is 17.9 Å². The maximum Gasteiger partial charge on any atom is 0.0386 e. The lowest BCUT2D eigenvalue weighted by Crippen LogP contribution is -2.06. The number of benzene rings is 2. The summed E-state index contributed by atoms with van der Waals surface area (Å²) in [6.45, 7) is 2.35. The summed E-state index contributed by atoms with van der Waals surface area (Å²) >= 11 is 0. The molecule has 94 valence electrons. The average Bonchev–Trinajstić information content (AvgIpc) is 2.28. The summed E-state index contributed by atoms with van der Waals surface area (Å²) in [7, 11) is 0. The third kappa shape index (κ3) is 2.10. The van der Waals surface area contributed by atoms with E-state index in [1.54, 1.807) is 0 Å². The van der Waals surface area contributed by atoms with Gasteiger partial charge >= 0.3 is 0 Å². The Morgan fingerprint density at radius 2 is 1.56 bits per heavy atom. The van der Waals surface area contributed by atoms with E-state index in [9.17, 15) is 0 Å². The van der Waals surface area contributed by atoms with Gasteiger partial charge in [0.05, 0.1) is 0 Å². The van der Waals surface area contributed by atoms with Crippen molar-refractivity contribution in [3.05, 3.63) is 41.5 Å². The minimum Gasteiger partial charge on any atom is -0.399 e. The van der Waals surface area contributed by atoms with E-state index in [1.165, 1.54) is 0 Å². The van der Waals surface area contributed by atoms with E-state index in [0.717, 1.165) is 27.9 Å². The van der Waals surface area contributed by atoms with Gasteiger partial charge in [-0.1, -0.05) is 6.07 Å². The number of aryl methyl sites for hydroxylation is 1. The molecular weight excluding hydrogens is 224 g/mol. The summed E-state index contributed by atoms with van der Waals surface area (Å²) in [6.07, 6.45) is 0. The molecule has 0 aliphatic rings. The minimum absolute atomic E-state index is 0.346. The first-order chi connectivity index (χ1) is 8.52. The predicted octanol–water partition coefficient (Wildman–Crippen LogP) is 1.87. The van der Waals surface area contributed by atoms with Crippen molar-refractivity contribution in [3.8, 4) is 11.1 Å². The normalized spacial score (nSPS) is 10.6. The Hall–Kier alpha value is -2.20. The molecule has 0 saturated carbocycles. The van der Waals surface area contributed by atoms with Crippen LogP contribution in [0, 0.1) is 6.92 Å². The van der Waals surface area contributed by atoms with Gasteiger partial charge in [-0.3, -0.25) is 0 Å². The molecule has 0 unspecified atom stereocenters. The second kappa shape index (κ2) is 4.58. The monoisotopic (exact) mass is 242 g/mol. The highest BCUT2D eigenvalue weighted by atomic mass is 14.7. The van der Waals surface area contributed by atoms with Crippen LogP contribution in [0.2, 0.25) is 0 Å². The number of anilines is 3. The van der Waals surface area contributed by atoms with Crippen molar-refractivity contribution in [2.45, 2.75) is 13.5 Å². The van der Waals surface area contributed by atoms with Gasteiger partial charge in [-0.05, 0) is 47.9 Å². The van der Waals surface area contributed by atoms with Gasteiger partial charge < -0.3 is 22.9 Å². The topological polar surface area (TPSA) is 104 Å². The van der Waals surface area contributed by atoms with Crippen LogP contribution in [0.3, 0.4) is 0 Å². The fraction of sp³-hybridized carbons (Fsp3) is 0.143. The van der Waals surface area contributed by atoms with E-state index in [-0.39, 0.29) is 0 Å². The van der Waals surface area contributed by atoms with Gasteiger partial charge in [0.25, 0.3) is 0 Å². The first kappa shape index (κ1) is 12.3. The minimum atomic E-state index is 0.346. The Kier molecular flexibility index (Phi) is 3.12. The molecule has 2 rings (SSSR count). The van der Waals surface area contributed by atoms with Gasteiger partial charge in [0.2, 0.25) is 0 Å². The Labute approximate surface area is 107 Å². The summed E-state index contributed by atoms with van der Waals surface area (Å²) in [5, 5.41) is 0. The molecule has 0 amide bonds. The summed E-state index contributed by atoms with van der Waals surface area (Å²) in [6, 6.07) is 9.57. The van der Waals surface area contributed by atoms with Crippen LogP contribution in [0.5, 0.6) is 0 Å². The Morgan fingerprint density at radius 1 is 0.944 bits per heavy atom. The molecule has 4 nitrogen and oxygen atoms in total. The molecule has 18 heavy (non-hydrogen) atoms. The molecule has 4 heteroatoms. The van der Waals surface area contributed by atoms with Gasteiger partial charge in [-0.15, -0.1) is 0 Å². The van der Waals surface area contributed by atoms with E-state index in [1.807, 2.05) is 37.3 Å². The zero-order valence-electron chi connectivity index (χ0n) is 10.4. The SMILES string of the molecule is Cc1cc(N)ccc1-c1cc(N)c(CN)c(N)c1. The fourth-order valence-corrected chi connectivity index (χ4v) is 2.12. The first-order valence-electron chi connectivity index (χ1n) is 5.77. The lowest BCUT2D eigenvalue weighted by atomic mass is 9.97. The van der Waals surface area contributed by atoms with E-state index in [4.69, 9.17) is 22.9 Å². The van der Waals surface area contributed by atoms with Crippen LogP contribution >= 0.6 is 0 Å². The standard InChI is InChI=1S/C14H18N4/c1-8-4-10(16)2-3-11(8)9-5-13(17)12(7-15)14(18)6-9/h2-6H,7,15-18H2,1H3. The van der Waals surface area contributed by atoms with Crippen molar-refractivity contribution in [3.63, 3.8) is 0 Å². The number of nitrogens with two attached hydrogens (primary N) is 4. The van der Waals surface area contributed by atoms with Gasteiger partial charge in [0.15, 0.2) is 0 Å². The average molecular weight is 242 g/mol. The van der Waals surface area contributed by atoms with Crippen molar-refractivity contribution in [2.75, 3.05) is 17.2 Å². The maximum atomic E-state index is 5.97. The van der Waals surface area contributed by atoms with Crippen molar-refractivity contribution in [1.29, 1.82) is 0 Å². The van der Waals surface area contributed by atoms with Gasteiger partial charge in [0.1, 0.15) is 0 Å². The van der Waals surface area contributed by atoms with Crippen LogP contribution in [-0.2, 0) is 6.54 Å². The van der Waals surface area contributed by atoms with E-state index < -0.39 is 0 Å². The van der Waals surface area contributed by atoms with E-state index in [2.05, 4.69) is 0 Å². The smallest absolute Gasteiger partial charge is 0.0386 e. The third-order valence-electron chi connectivity index (χ3n) is 3.08. The Bertz CT molecular complexity index is 567. The molecule has 0 fully saturated rings. The van der Waals surface area contributed by atoms with Crippen molar-refractivity contribution in [2.24, 2.45) is 5.73 Å². The van der Waals surface area contributed by atoms with Crippen LogP contribution in [0.1, 0.15) is 11.1 Å². The van der Waals surface area contributed by atoms with Gasteiger partial charge in [0, 0.05) is 29.2 Å². The lowest BCUT2D eigenvalue weighted by molar-refractivity contribution is 1.08. The number of hydrogen-bond donors (Lipinski definition) is 4. The van der Waals surface area contributed by atoms with Crippen LogP contribution in [0.25, 0.3) is 11.1 Å². The molecule has 0 bridgehead atoms. The molecular formula is C14H18N4. The molecule has 0 saturated heterocycles. The fourth-order valence-electron chi connectivity index (χ4n) is 2.12. The number of hydrogen-bond acceptors (Lipinski definition) is 4. The molecule has 8 N–H and O–H groups in total. The summed E-state index contributed by atoms with van der Waals surface area (Å²) in [5.41, 5.74) is 29.2. The quantitative estimate of drug-likeness (QED) is 0.603. The molecule has 0 aliphatic heterocycles. The molecule has 0 atom stereocenters. The van der Waals surface area contributed by atoms with E-state index >= 15 is 0 Å². The second-order valence-electron chi connectivity index (χ2n) is 4.41. The van der Waals surface area contributed by atoms with Crippen LogP contribution in [0.15, 0.2) is 30.3 Å². The second-order valence-corrected chi connectivity index (χ2v) is 4.41. The number of nitrogen functional groups attached to an aromatic ring is 3. The number of rotatable bonds is 2. The molecule has 0 spiro atoms. The summed E-state index contributed by atoms with van der Waals surface area (Å²) in [4.78, 5) is 0. The molecule has 0 heterocycles. The molecule has 0 aromatic heterocycles. The van der Waals surface area contributed by atoms with Crippen LogP contribution in [-0.4, -0.2) is 0 Å². The molecule has 0 aliphatic carbocycles. The third-order valence-corrected chi connectivity index (χ3v) is 3.08. The van der Waals surface area contributed by atoms with Crippen molar-refractivity contribution >= 4 is 17.1 Å². The molecule has 2 aromatic rings. The van der Waals surface area contributed by atoms with Gasteiger partial charge in [-0.25, -0.2) is 0 Å². The predicted molar refractivity (Wildman–Crippen MR) is 77.7 cm³/mol. The summed E-state index contributed by atoms with van der Waals surface area (Å²) in [5.74, 6) is 0. The zero-order chi connectivity index (χ0) is 13.3. The van der Waals surface area contributed by atoms with Crippen LogP contribution < -0.4 is 22.9 Å². The van der Waals surface area contributed by atoms with Crippen molar-refractivity contribution in [1.82, 2.24) is 0 Å². The summed E-state index contributed by atoms with van der Waals surface area (Å²) < 4.78 is 0. The zero-order valence-corrected chi connectivity index (χ0v) is 10.4. The maximum absolute atomic E-state index is 5.97. The van der Waals surface area contributed by atoms with Crippen LogP contribution in [0.4, 0.5) is 17.1 Å². The van der Waals surface area contributed by atoms with Crippen molar-refractivity contribution < 1.29 is 0 Å². The first-order valence-corrected chi connectivity index (χ1v) is 5.77. The molecule has 0 radical (unpaired) electrons. The molecule has 2 aromatic carbocycles. The Morgan fingerprint density at radius 3 is 2.06 bits per heavy atom. The lowest BCUT2D eigenvalue weighted by Gasteiger charge is -2.12. The Balaban J connectivity index is 2.58. The highest BCUT2D eigenvalue weighted by Gasteiger charge is 2.08. The highest BCUT2D eigenvalue weighted by molar-refractivity contribution is 5.78. The van der Waals surface area contributed by atoms with Gasteiger partial charge in [-0.2, -0.15) is 0 Å². The highest BCUT2D eigenvalue weighted by Crippen LogP contribution is 2.31. The largest absolute Gasteiger partial charge is 0.399 e.